The van der Waals surface area contributed by atoms with Gasteiger partial charge in [-0.05, 0) is 73.6 Å². The van der Waals surface area contributed by atoms with Crippen molar-refractivity contribution in [3.8, 4) is 0 Å². The third-order valence-corrected chi connectivity index (χ3v) is 12.6. The van der Waals surface area contributed by atoms with Crippen molar-refractivity contribution in [1.82, 2.24) is 29.7 Å². The summed E-state index contributed by atoms with van der Waals surface area (Å²) < 4.78 is 3.20. The van der Waals surface area contributed by atoms with E-state index in [2.05, 4.69) is 41.9 Å². The molecule has 0 atom stereocenters. The third kappa shape index (κ3) is 8.19. The molecule has 0 radical (unpaired) electrons. The molecule has 6 rings (SSSR count). The quantitative estimate of drug-likeness (QED) is 0.116. The van der Waals surface area contributed by atoms with E-state index in [4.69, 9.17) is 0 Å². The lowest BCUT2D eigenvalue weighted by Crippen LogP contribution is -2.24. The molecule has 0 saturated carbocycles. The number of hydrogen-bond donors (Lipinski definition) is 4. The van der Waals surface area contributed by atoms with E-state index in [1.54, 1.807) is 32.0 Å². The number of anilines is 2. The Morgan fingerprint density at radius 2 is 1.02 bits per heavy atom. The first kappa shape index (κ1) is 35.1. The second-order valence-corrected chi connectivity index (χ2v) is 16.4. The number of aromatic nitrogens is 6. The van der Waals surface area contributed by atoms with E-state index in [1.165, 1.54) is 72.1 Å². The summed E-state index contributed by atoms with van der Waals surface area (Å²) in [6.07, 6.45) is 9.07. The maximum Gasteiger partial charge on any atom is 0.235 e. The molecule has 18 heteroatoms. The highest BCUT2D eigenvalue weighted by molar-refractivity contribution is 8.15. The minimum Gasteiger partial charge on any atom is -0.318 e. The molecule has 2 aliphatic carbocycles. The molecule has 0 spiro atoms. The van der Waals surface area contributed by atoms with Gasteiger partial charge in [0.2, 0.25) is 33.9 Å². The Kier molecular flexibility index (Phi) is 11.1. The van der Waals surface area contributed by atoms with Gasteiger partial charge in [-0.1, -0.05) is 23.5 Å². The van der Waals surface area contributed by atoms with Gasteiger partial charge in [0.05, 0.1) is 15.1 Å². The van der Waals surface area contributed by atoms with Gasteiger partial charge < -0.3 is 10.6 Å². The predicted octanol–water partition coefficient (Wildman–Crippen LogP) is 4.87. The number of thiophene rings is 2. The van der Waals surface area contributed by atoms with Crippen molar-refractivity contribution in [2.75, 3.05) is 26.6 Å². The average Bonchev–Trinajstić information content (AvgIpc) is 3.78. The lowest BCUT2D eigenvalue weighted by molar-refractivity contribution is -0.116. The Labute approximate surface area is 299 Å². The van der Waals surface area contributed by atoms with Crippen LogP contribution >= 0.6 is 46.2 Å². The van der Waals surface area contributed by atoms with Gasteiger partial charge >= 0.3 is 0 Å². The Balaban J connectivity index is 1.22. The summed E-state index contributed by atoms with van der Waals surface area (Å²) in [4.78, 5) is 51.1. The summed E-state index contributed by atoms with van der Waals surface area (Å²) in [5, 5.41) is 26.7. The highest BCUT2D eigenvalue weighted by Gasteiger charge is 2.26. The molecule has 49 heavy (non-hydrogen) atoms. The van der Waals surface area contributed by atoms with Crippen LogP contribution in [0.4, 0.5) is 10.0 Å². The zero-order valence-corrected chi connectivity index (χ0v) is 31.0. The van der Waals surface area contributed by atoms with E-state index in [0.29, 0.717) is 39.9 Å². The molecule has 14 nitrogen and oxygen atoms in total. The fourth-order valence-electron chi connectivity index (χ4n) is 6.17. The van der Waals surface area contributed by atoms with Gasteiger partial charge in [-0.25, -0.2) is 9.35 Å². The van der Waals surface area contributed by atoms with E-state index in [9.17, 15) is 19.2 Å². The molecule has 0 unspecified atom stereocenters. The molecule has 4 aromatic heterocycles. The minimum atomic E-state index is -0.269. The van der Waals surface area contributed by atoms with E-state index in [-0.39, 0.29) is 23.6 Å². The highest BCUT2D eigenvalue weighted by Crippen LogP contribution is 2.41. The number of carbonyl (C=O) groups excluding carboxylic acids is 4. The SMILES string of the molecule is CC(=O)Nc1sc2c(c1Cc1nnc(SCSc3nnc(Cc4c(NC(C)=O)sc5c4CCCC5)n3NC(C)=O)n1NC(C)=O)CCCC2. The average molecular weight is 743 g/mol. The number of carbonyl (C=O) groups is 4. The first-order valence-corrected chi connectivity index (χ1v) is 19.7. The molecule has 4 aromatic rings. The molecule has 260 valence electrons. The molecule has 4 heterocycles. The lowest BCUT2D eigenvalue weighted by atomic mass is 9.94. The van der Waals surface area contributed by atoms with Crippen LogP contribution in [0, 0.1) is 0 Å². The van der Waals surface area contributed by atoms with Gasteiger partial charge in [0.25, 0.3) is 0 Å². The molecule has 0 bridgehead atoms. The predicted molar refractivity (Wildman–Crippen MR) is 193 cm³/mol. The van der Waals surface area contributed by atoms with Crippen LogP contribution in [0.3, 0.4) is 0 Å². The molecule has 0 aromatic carbocycles. The van der Waals surface area contributed by atoms with Gasteiger partial charge in [0.1, 0.15) is 0 Å². The summed E-state index contributed by atoms with van der Waals surface area (Å²) in [6, 6.07) is 0. The van der Waals surface area contributed by atoms with E-state index in [0.717, 1.165) is 72.5 Å². The van der Waals surface area contributed by atoms with Crippen LogP contribution < -0.4 is 21.5 Å². The van der Waals surface area contributed by atoms with Crippen LogP contribution in [0.15, 0.2) is 10.3 Å². The number of aryl methyl sites for hydroxylation is 2. The Morgan fingerprint density at radius 1 is 0.612 bits per heavy atom. The van der Waals surface area contributed by atoms with Crippen LogP contribution in [0.1, 0.15) is 97.0 Å². The van der Waals surface area contributed by atoms with Gasteiger partial charge in [-0.2, -0.15) is 0 Å². The molecular formula is C31H38N10O4S4. The third-order valence-electron chi connectivity index (χ3n) is 8.13. The molecular weight excluding hydrogens is 705 g/mol. The van der Waals surface area contributed by atoms with Crippen molar-refractivity contribution in [1.29, 1.82) is 0 Å². The Hall–Kier alpha value is -3.74. The van der Waals surface area contributed by atoms with Crippen molar-refractivity contribution < 1.29 is 19.2 Å². The second kappa shape index (κ2) is 15.4. The molecule has 4 N–H and O–H groups in total. The van der Waals surface area contributed by atoms with Crippen molar-refractivity contribution in [3.63, 3.8) is 0 Å². The highest BCUT2D eigenvalue weighted by atomic mass is 32.2. The number of nitrogens with zero attached hydrogens (tertiary/aromatic N) is 6. The van der Waals surface area contributed by atoms with Gasteiger partial charge in [-0.15, -0.1) is 43.1 Å². The summed E-state index contributed by atoms with van der Waals surface area (Å²) >= 11 is 5.96. The summed E-state index contributed by atoms with van der Waals surface area (Å²) in [5.41, 5.74) is 10.2. The van der Waals surface area contributed by atoms with Crippen LogP contribution in [0.5, 0.6) is 0 Å². The topological polar surface area (TPSA) is 178 Å². The number of hydrogen-bond acceptors (Lipinski definition) is 12. The maximum absolute atomic E-state index is 12.3. The lowest BCUT2D eigenvalue weighted by Gasteiger charge is -2.14. The van der Waals surface area contributed by atoms with Crippen molar-refractivity contribution >= 4 is 79.8 Å². The number of amides is 4. The largest absolute Gasteiger partial charge is 0.318 e. The van der Waals surface area contributed by atoms with Crippen molar-refractivity contribution in [2.45, 2.75) is 102 Å². The van der Waals surface area contributed by atoms with E-state index >= 15 is 0 Å². The van der Waals surface area contributed by atoms with Crippen LogP contribution in [-0.2, 0) is 57.7 Å². The van der Waals surface area contributed by atoms with Crippen molar-refractivity contribution in [3.05, 3.63) is 43.7 Å². The van der Waals surface area contributed by atoms with E-state index in [1.807, 2.05) is 0 Å². The van der Waals surface area contributed by atoms with Crippen molar-refractivity contribution in [2.24, 2.45) is 0 Å². The summed E-state index contributed by atoms with van der Waals surface area (Å²) in [7, 11) is 0. The molecule has 0 saturated heterocycles. The Morgan fingerprint density at radius 3 is 1.41 bits per heavy atom. The zero-order valence-electron chi connectivity index (χ0n) is 27.7. The monoisotopic (exact) mass is 742 g/mol. The second-order valence-electron chi connectivity index (χ2n) is 12.0. The normalized spacial score (nSPS) is 13.8. The van der Waals surface area contributed by atoms with Crippen LogP contribution in [0.2, 0.25) is 0 Å². The molecule has 4 amide bonds. The summed E-state index contributed by atoms with van der Waals surface area (Å²) in [6.45, 7) is 5.87. The van der Waals surface area contributed by atoms with E-state index < -0.39 is 0 Å². The smallest absolute Gasteiger partial charge is 0.235 e. The Bertz CT molecular complexity index is 1770. The van der Waals surface area contributed by atoms with Crippen LogP contribution in [-0.4, -0.2) is 58.5 Å². The first-order valence-electron chi connectivity index (χ1n) is 16.1. The van der Waals surface area contributed by atoms with Gasteiger partial charge in [-0.3, -0.25) is 30.0 Å². The van der Waals surface area contributed by atoms with Gasteiger partial charge in [0.15, 0.2) is 11.6 Å². The fraction of sp³-hybridized carbons (Fsp3) is 0.484. The molecule has 0 aliphatic heterocycles. The standard InChI is InChI=1S/C31H38N10O4S4/c1-16(42)32-28-22(20-9-5-7-11-24(20)48-28)13-26-34-36-30(40(26)38-18(3)44)46-15-47-31-37-35-27(41(31)39-19(4)45)14-23-21-10-6-8-12-25(21)49-29(23)33-17(2)43/h5-15H2,1-4H3,(H,32,42)(H,33,43)(H,38,44)(H,39,45). The minimum absolute atomic E-state index is 0.130. The first-order chi connectivity index (χ1) is 23.6. The summed E-state index contributed by atoms with van der Waals surface area (Å²) in [5.74, 6) is 0.309. The molecule has 0 fully saturated rings. The molecule has 2 aliphatic rings. The zero-order chi connectivity index (χ0) is 34.7. The number of rotatable bonds is 12. The number of fused-ring (bicyclic) bond motifs is 2. The number of thioether (sulfide) groups is 2. The number of nitrogens with one attached hydrogen (secondary N) is 4. The van der Waals surface area contributed by atoms with Gasteiger partial charge in [0, 0.05) is 50.3 Å². The fourth-order valence-corrected chi connectivity index (χ4v) is 10.7. The maximum atomic E-state index is 12.3. The van der Waals surface area contributed by atoms with Crippen LogP contribution in [0.25, 0.3) is 0 Å².